The van der Waals surface area contributed by atoms with Crippen molar-refractivity contribution in [2.24, 2.45) is 28.6 Å². The van der Waals surface area contributed by atoms with Gasteiger partial charge in [-0.3, -0.25) is 9.59 Å². The highest BCUT2D eigenvalue weighted by Crippen LogP contribution is 2.65. The molecule has 3 fully saturated rings. The van der Waals surface area contributed by atoms with Crippen molar-refractivity contribution in [1.82, 2.24) is 0 Å². The molecule has 3 saturated carbocycles. The number of allylic oxidation sites excluding steroid dienone is 1. The first-order valence-electron chi connectivity index (χ1n) is 9.86. The van der Waals surface area contributed by atoms with Crippen LogP contribution in [0.15, 0.2) is 11.6 Å². The van der Waals surface area contributed by atoms with Crippen molar-refractivity contribution in [3.63, 3.8) is 0 Å². The molecule has 24 heavy (non-hydrogen) atoms. The summed E-state index contributed by atoms with van der Waals surface area (Å²) in [6.45, 7) is 4.50. The highest BCUT2D eigenvalue weighted by atomic mass is 32.2. The predicted molar refractivity (Wildman–Crippen MR) is 99.0 cm³/mol. The van der Waals surface area contributed by atoms with Gasteiger partial charge in [-0.05, 0) is 68.1 Å². The molecule has 4 aliphatic rings. The number of carbonyl (C=O) groups excluding carboxylic acids is 2. The highest BCUT2D eigenvalue weighted by molar-refractivity contribution is 7.99. The minimum atomic E-state index is -0.0358. The van der Waals surface area contributed by atoms with Gasteiger partial charge in [0.05, 0.1) is 0 Å². The van der Waals surface area contributed by atoms with Crippen molar-refractivity contribution in [3.8, 4) is 0 Å². The Labute approximate surface area is 150 Å². The lowest BCUT2D eigenvalue weighted by Gasteiger charge is -2.58. The summed E-state index contributed by atoms with van der Waals surface area (Å²) >= 11 is 2.05. The fraction of sp³-hybridized carbons (Fsp3) is 0.810. The lowest BCUT2D eigenvalue weighted by molar-refractivity contribution is -0.132. The monoisotopic (exact) mass is 346 g/mol. The fourth-order valence-corrected chi connectivity index (χ4v) is 7.80. The van der Waals surface area contributed by atoms with Gasteiger partial charge in [0.1, 0.15) is 5.78 Å². The Morgan fingerprint density at radius 1 is 1.08 bits per heavy atom. The molecule has 0 saturated heterocycles. The standard InChI is InChI=1S/C21H30O2S/c1-3-24-13-21-11-8-15(22)12-14(21)4-5-16-17-6-7-19(23)20(17,2)10-9-18(16)21/h12,16-18H,3-11,13H2,1-2H3/t16-,17-,18-,20-,21+/m0/s1. The molecule has 4 aliphatic carbocycles. The minimum Gasteiger partial charge on any atom is -0.299 e. The van der Waals surface area contributed by atoms with Gasteiger partial charge in [-0.1, -0.05) is 19.4 Å². The van der Waals surface area contributed by atoms with Gasteiger partial charge in [0.25, 0.3) is 0 Å². The van der Waals surface area contributed by atoms with Crippen molar-refractivity contribution in [2.75, 3.05) is 11.5 Å². The van der Waals surface area contributed by atoms with E-state index in [1.165, 1.54) is 24.2 Å². The van der Waals surface area contributed by atoms with Gasteiger partial charge in [-0.2, -0.15) is 11.8 Å². The molecule has 0 heterocycles. The van der Waals surface area contributed by atoms with Crippen molar-refractivity contribution < 1.29 is 9.59 Å². The number of hydrogen-bond donors (Lipinski definition) is 0. The van der Waals surface area contributed by atoms with Crippen LogP contribution >= 0.6 is 11.8 Å². The second-order valence-corrected chi connectivity index (χ2v) is 10.0. The molecule has 0 aromatic rings. The van der Waals surface area contributed by atoms with Crippen LogP contribution in [-0.2, 0) is 9.59 Å². The average molecular weight is 347 g/mol. The van der Waals surface area contributed by atoms with Crippen molar-refractivity contribution in [1.29, 1.82) is 0 Å². The summed E-state index contributed by atoms with van der Waals surface area (Å²) in [7, 11) is 0. The van der Waals surface area contributed by atoms with Gasteiger partial charge in [-0.25, -0.2) is 0 Å². The maximum atomic E-state index is 12.5. The summed E-state index contributed by atoms with van der Waals surface area (Å²) in [5.41, 5.74) is 1.69. The molecule has 0 bridgehead atoms. The molecule has 132 valence electrons. The zero-order valence-electron chi connectivity index (χ0n) is 15.1. The van der Waals surface area contributed by atoms with Crippen LogP contribution < -0.4 is 0 Å². The minimum absolute atomic E-state index is 0.0358. The summed E-state index contributed by atoms with van der Waals surface area (Å²) in [4.78, 5) is 24.6. The van der Waals surface area contributed by atoms with Crippen LogP contribution in [0.1, 0.15) is 65.2 Å². The van der Waals surface area contributed by atoms with Crippen molar-refractivity contribution >= 4 is 23.3 Å². The highest BCUT2D eigenvalue weighted by Gasteiger charge is 2.59. The molecule has 3 heteroatoms. The zero-order chi connectivity index (χ0) is 16.9. The van der Waals surface area contributed by atoms with Crippen LogP contribution in [0.3, 0.4) is 0 Å². The van der Waals surface area contributed by atoms with E-state index in [4.69, 9.17) is 0 Å². The largest absolute Gasteiger partial charge is 0.299 e. The normalized spacial score (nSPS) is 44.6. The molecule has 0 unspecified atom stereocenters. The van der Waals surface area contributed by atoms with Gasteiger partial charge >= 0.3 is 0 Å². The third-order valence-electron chi connectivity index (χ3n) is 7.96. The Morgan fingerprint density at radius 3 is 2.71 bits per heavy atom. The first kappa shape index (κ1) is 16.9. The molecule has 0 aliphatic heterocycles. The molecule has 0 radical (unpaired) electrons. The molecule has 0 aromatic carbocycles. The van der Waals surface area contributed by atoms with E-state index in [1.54, 1.807) is 0 Å². The van der Waals surface area contributed by atoms with Crippen LogP contribution in [0.25, 0.3) is 0 Å². The summed E-state index contributed by atoms with van der Waals surface area (Å²) in [6, 6.07) is 0. The van der Waals surface area contributed by atoms with Gasteiger partial charge in [0.2, 0.25) is 0 Å². The molecular weight excluding hydrogens is 316 g/mol. The summed E-state index contributed by atoms with van der Waals surface area (Å²) in [5.74, 6) is 5.22. The second-order valence-electron chi connectivity index (χ2n) is 8.76. The topological polar surface area (TPSA) is 34.1 Å². The van der Waals surface area contributed by atoms with Gasteiger partial charge in [-0.15, -0.1) is 0 Å². The molecule has 0 amide bonds. The van der Waals surface area contributed by atoms with E-state index < -0.39 is 0 Å². The zero-order valence-corrected chi connectivity index (χ0v) is 15.9. The number of rotatable bonds is 3. The van der Waals surface area contributed by atoms with Crippen LogP contribution in [0.2, 0.25) is 0 Å². The molecule has 2 nitrogen and oxygen atoms in total. The average Bonchev–Trinajstić information content (AvgIpc) is 2.88. The second kappa shape index (κ2) is 6.00. The van der Waals surface area contributed by atoms with E-state index in [-0.39, 0.29) is 10.8 Å². The van der Waals surface area contributed by atoms with E-state index in [1.807, 2.05) is 6.08 Å². The SMILES string of the molecule is CCSC[C@]12CCC(=O)C=C1CC[C@@H]1[C@@H]2CC[C@]2(C)C(=O)CC[C@@H]12. The van der Waals surface area contributed by atoms with E-state index in [2.05, 4.69) is 25.6 Å². The van der Waals surface area contributed by atoms with Gasteiger partial charge < -0.3 is 0 Å². The molecule has 0 N–H and O–H groups in total. The Morgan fingerprint density at radius 2 is 1.92 bits per heavy atom. The number of ketones is 2. The number of carbonyl (C=O) groups is 2. The number of hydrogen-bond acceptors (Lipinski definition) is 3. The molecular formula is C21H30O2S. The lowest BCUT2D eigenvalue weighted by Crippen LogP contribution is -2.52. The molecule has 5 atom stereocenters. The summed E-state index contributed by atoms with van der Waals surface area (Å²) in [6.07, 6.45) is 10.3. The van der Waals surface area contributed by atoms with Crippen LogP contribution in [0.4, 0.5) is 0 Å². The van der Waals surface area contributed by atoms with E-state index in [9.17, 15) is 9.59 Å². The number of thioether (sulfide) groups is 1. The maximum absolute atomic E-state index is 12.5. The predicted octanol–water partition coefficient (Wildman–Crippen LogP) is 4.82. The smallest absolute Gasteiger partial charge is 0.155 e. The van der Waals surface area contributed by atoms with Gasteiger partial charge in [0, 0.05) is 29.4 Å². The molecule has 4 rings (SSSR count). The Balaban J connectivity index is 1.70. The Kier molecular flexibility index (Phi) is 4.22. The van der Waals surface area contributed by atoms with Crippen molar-refractivity contribution in [2.45, 2.75) is 65.2 Å². The first-order chi connectivity index (χ1) is 11.5. The third kappa shape index (κ3) is 2.29. The number of fused-ring (bicyclic) bond motifs is 5. The van der Waals surface area contributed by atoms with Crippen LogP contribution in [0, 0.1) is 28.6 Å². The maximum Gasteiger partial charge on any atom is 0.155 e. The van der Waals surface area contributed by atoms with Crippen LogP contribution in [-0.4, -0.2) is 23.1 Å². The van der Waals surface area contributed by atoms with Gasteiger partial charge in [0.15, 0.2) is 5.78 Å². The van der Waals surface area contributed by atoms with E-state index in [0.717, 1.165) is 44.3 Å². The molecule has 0 spiro atoms. The number of Topliss-reactive ketones (excluding diaryl/α,β-unsaturated/α-hetero) is 1. The van der Waals surface area contributed by atoms with Crippen molar-refractivity contribution in [3.05, 3.63) is 11.6 Å². The van der Waals surface area contributed by atoms with E-state index >= 15 is 0 Å². The quantitative estimate of drug-likeness (QED) is 0.734. The lowest BCUT2D eigenvalue weighted by atomic mass is 9.47. The third-order valence-corrected chi connectivity index (χ3v) is 9.09. The first-order valence-corrected chi connectivity index (χ1v) is 11.0. The van der Waals surface area contributed by atoms with Crippen LogP contribution in [0.5, 0.6) is 0 Å². The summed E-state index contributed by atoms with van der Waals surface area (Å²) in [5, 5.41) is 0. The van der Waals surface area contributed by atoms with E-state index in [0.29, 0.717) is 29.3 Å². The summed E-state index contributed by atoms with van der Waals surface area (Å²) < 4.78 is 0. The Hall–Kier alpha value is -0.570. The fourth-order valence-electron chi connectivity index (χ4n) is 6.69. The Bertz CT molecular complexity index is 595. The molecule has 0 aromatic heterocycles.